The van der Waals surface area contributed by atoms with Crippen LogP contribution in [0, 0.1) is 0 Å². The number of rotatable bonds is 6. The Hall–Kier alpha value is -1.86. The molecule has 8 heteroatoms. The quantitative estimate of drug-likeness (QED) is 0.802. The number of carbonyl (C=O) groups excluding carboxylic acids is 1. The van der Waals surface area contributed by atoms with Crippen molar-refractivity contribution in [1.82, 2.24) is 4.31 Å². The van der Waals surface area contributed by atoms with Gasteiger partial charge >= 0.3 is 0 Å². The summed E-state index contributed by atoms with van der Waals surface area (Å²) in [7, 11) is -2.39. The average Bonchev–Trinajstić information content (AvgIpc) is 2.56. The molecule has 0 radical (unpaired) electrons. The summed E-state index contributed by atoms with van der Waals surface area (Å²) in [5.74, 6) is -0.451. The van der Waals surface area contributed by atoms with Gasteiger partial charge in [0.1, 0.15) is 0 Å². The smallest absolute Gasteiger partial charge is 0.239 e. The molecule has 0 bridgehead atoms. The first-order valence-corrected chi connectivity index (χ1v) is 9.47. The number of benzene rings is 2. The van der Waals surface area contributed by atoms with Crippen LogP contribution >= 0.6 is 23.2 Å². The van der Waals surface area contributed by atoms with Gasteiger partial charge < -0.3 is 5.32 Å². The second kappa shape index (κ2) is 8.49. The second-order valence-electron chi connectivity index (χ2n) is 5.21. The molecule has 2 aromatic carbocycles. The van der Waals surface area contributed by atoms with Crippen LogP contribution in [0.1, 0.15) is 5.56 Å². The summed E-state index contributed by atoms with van der Waals surface area (Å²) in [6.45, 7) is -0.310. The van der Waals surface area contributed by atoms with E-state index in [2.05, 4.69) is 5.32 Å². The third-order valence-electron chi connectivity index (χ3n) is 3.23. The van der Waals surface area contributed by atoms with E-state index >= 15 is 0 Å². The zero-order valence-corrected chi connectivity index (χ0v) is 15.6. The second-order valence-corrected chi connectivity index (χ2v) is 8.01. The Morgan fingerprint density at radius 1 is 1.04 bits per heavy atom. The largest absolute Gasteiger partial charge is 0.325 e. The van der Waals surface area contributed by atoms with E-state index in [0.717, 1.165) is 9.71 Å². The number of carbonyl (C=O) groups is 1. The molecule has 0 aliphatic rings. The van der Waals surface area contributed by atoms with Gasteiger partial charge in [-0.1, -0.05) is 35.3 Å². The Balaban J connectivity index is 1.97. The van der Waals surface area contributed by atoms with Crippen molar-refractivity contribution >= 4 is 50.9 Å². The minimum atomic E-state index is -3.72. The Labute approximate surface area is 156 Å². The number of nitrogens with one attached hydrogen (secondary N) is 1. The molecule has 0 spiro atoms. The number of likely N-dealkylation sites (N-methyl/N-ethyl adjacent to an activating group) is 1. The fraction of sp³-hybridized carbons (Fsp3) is 0.118. The summed E-state index contributed by atoms with van der Waals surface area (Å²) in [5, 5.41) is 4.77. The lowest BCUT2D eigenvalue weighted by Gasteiger charge is -2.14. The zero-order chi connectivity index (χ0) is 18.4. The highest BCUT2D eigenvalue weighted by atomic mass is 35.5. The molecule has 1 N–H and O–H groups in total. The molecule has 0 unspecified atom stereocenters. The van der Waals surface area contributed by atoms with Gasteiger partial charge in [-0.2, -0.15) is 4.31 Å². The van der Waals surface area contributed by atoms with Crippen LogP contribution in [-0.4, -0.2) is 32.2 Å². The Kier molecular flexibility index (Phi) is 6.61. The zero-order valence-electron chi connectivity index (χ0n) is 13.3. The maximum atomic E-state index is 12.2. The molecule has 0 aromatic heterocycles. The van der Waals surface area contributed by atoms with E-state index < -0.39 is 15.9 Å². The van der Waals surface area contributed by atoms with Crippen molar-refractivity contribution in [2.45, 2.75) is 0 Å². The monoisotopic (exact) mass is 398 g/mol. The number of halogens is 2. The van der Waals surface area contributed by atoms with Crippen LogP contribution in [0.3, 0.4) is 0 Å². The Morgan fingerprint density at radius 2 is 1.56 bits per heavy atom. The van der Waals surface area contributed by atoms with Crippen molar-refractivity contribution in [2.75, 3.05) is 18.9 Å². The highest BCUT2D eigenvalue weighted by molar-refractivity contribution is 7.92. The molecule has 25 heavy (non-hydrogen) atoms. The van der Waals surface area contributed by atoms with Gasteiger partial charge in [-0.3, -0.25) is 4.79 Å². The number of amides is 1. The van der Waals surface area contributed by atoms with Gasteiger partial charge in [0.25, 0.3) is 0 Å². The number of hydrogen-bond donors (Lipinski definition) is 1. The lowest BCUT2D eigenvalue weighted by Crippen LogP contribution is -2.33. The van der Waals surface area contributed by atoms with E-state index in [1.165, 1.54) is 13.1 Å². The minimum absolute atomic E-state index is 0.310. The third kappa shape index (κ3) is 6.17. The molecular formula is C17H16Cl2N2O3S. The maximum absolute atomic E-state index is 12.2. The van der Waals surface area contributed by atoms with Gasteiger partial charge in [-0.05, 0) is 48.0 Å². The first-order valence-electron chi connectivity index (χ1n) is 7.22. The van der Waals surface area contributed by atoms with E-state index in [1.54, 1.807) is 48.5 Å². The first-order chi connectivity index (χ1) is 11.8. The third-order valence-corrected chi connectivity index (χ3v) is 5.21. The van der Waals surface area contributed by atoms with Gasteiger partial charge in [-0.15, -0.1) is 0 Å². The van der Waals surface area contributed by atoms with Crippen LogP contribution in [-0.2, 0) is 14.8 Å². The van der Waals surface area contributed by atoms with Crippen molar-refractivity contribution in [3.8, 4) is 0 Å². The number of sulfonamides is 1. The van der Waals surface area contributed by atoms with Gasteiger partial charge in [-0.25, -0.2) is 8.42 Å². The van der Waals surface area contributed by atoms with Crippen LogP contribution in [0.2, 0.25) is 10.0 Å². The first kappa shape index (κ1) is 19.5. The molecule has 1 amide bonds. The molecule has 5 nitrogen and oxygen atoms in total. The summed E-state index contributed by atoms with van der Waals surface area (Å²) >= 11 is 11.6. The summed E-state index contributed by atoms with van der Waals surface area (Å²) in [5.41, 5.74) is 1.23. The van der Waals surface area contributed by atoms with E-state index in [1.807, 2.05) is 0 Å². The molecule has 2 aromatic rings. The molecule has 132 valence electrons. The van der Waals surface area contributed by atoms with Gasteiger partial charge in [0.15, 0.2) is 0 Å². The van der Waals surface area contributed by atoms with Gasteiger partial charge in [0.2, 0.25) is 15.9 Å². The molecule has 0 atom stereocenters. The van der Waals surface area contributed by atoms with Crippen molar-refractivity contribution in [3.05, 3.63) is 69.5 Å². The molecular weight excluding hydrogens is 383 g/mol. The highest BCUT2D eigenvalue weighted by Gasteiger charge is 2.17. The lowest BCUT2D eigenvalue weighted by atomic mass is 10.2. The standard InChI is InChI=1S/C17H16Cl2N2O3S/c1-21(12-17(22)20-16-8-6-15(19)7-9-16)25(23,24)11-10-13-2-4-14(18)5-3-13/h2-11H,12H2,1H3,(H,20,22)/b11-10+. The predicted molar refractivity (Wildman–Crippen MR) is 102 cm³/mol. The molecule has 0 saturated heterocycles. The van der Waals surface area contributed by atoms with Crippen molar-refractivity contribution in [1.29, 1.82) is 0 Å². The number of anilines is 1. The molecule has 0 aliphatic carbocycles. The normalized spacial score (nSPS) is 11.8. The van der Waals surface area contributed by atoms with Gasteiger partial charge in [0.05, 0.1) is 6.54 Å². The summed E-state index contributed by atoms with van der Waals surface area (Å²) in [6.07, 6.45) is 1.44. The number of hydrogen-bond acceptors (Lipinski definition) is 3. The van der Waals surface area contributed by atoms with Crippen LogP contribution in [0.15, 0.2) is 53.9 Å². The van der Waals surface area contributed by atoms with E-state index in [-0.39, 0.29) is 6.54 Å². The Morgan fingerprint density at radius 3 is 2.12 bits per heavy atom. The molecule has 0 fully saturated rings. The van der Waals surface area contributed by atoms with E-state index in [0.29, 0.717) is 21.3 Å². The average molecular weight is 399 g/mol. The SMILES string of the molecule is CN(CC(=O)Nc1ccc(Cl)cc1)S(=O)(=O)/C=C/c1ccc(Cl)cc1. The fourth-order valence-corrected chi connectivity index (χ4v) is 2.95. The molecule has 0 aliphatic heterocycles. The topological polar surface area (TPSA) is 66.5 Å². The van der Waals surface area contributed by atoms with Crippen molar-refractivity contribution in [2.24, 2.45) is 0 Å². The van der Waals surface area contributed by atoms with Crippen molar-refractivity contribution < 1.29 is 13.2 Å². The van der Waals surface area contributed by atoms with E-state index in [9.17, 15) is 13.2 Å². The maximum Gasteiger partial charge on any atom is 0.239 e. The van der Waals surface area contributed by atoms with Crippen LogP contribution in [0.5, 0.6) is 0 Å². The van der Waals surface area contributed by atoms with Crippen LogP contribution in [0.25, 0.3) is 6.08 Å². The minimum Gasteiger partial charge on any atom is -0.325 e. The molecule has 0 heterocycles. The molecule has 2 rings (SSSR count). The fourth-order valence-electron chi connectivity index (χ4n) is 1.87. The van der Waals surface area contributed by atoms with Crippen LogP contribution in [0.4, 0.5) is 5.69 Å². The lowest BCUT2D eigenvalue weighted by molar-refractivity contribution is -0.116. The van der Waals surface area contributed by atoms with Crippen LogP contribution < -0.4 is 5.32 Å². The summed E-state index contributed by atoms with van der Waals surface area (Å²) in [4.78, 5) is 12.0. The summed E-state index contributed by atoms with van der Waals surface area (Å²) in [6, 6.07) is 13.3. The Bertz CT molecular complexity index is 864. The predicted octanol–water partition coefficient (Wildman–Crippen LogP) is 3.86. The van der Waals surface area contributed by atoms with E-state index in [4.69, 9.17) is 23.2 Å². The number of nitrogens with zero attached hydrogens (tertiary/aromatic N) is 1. The highest BCUT2D eigenvalue weighted by Crippen LogP contribution is 2.14. The summed E-state index contributed by atoms with van der Waals surface area (Å²) < 4.78 is 25.4. The van der Waals surface area contributed by atoms with Gasteiger partial charge in [0, 0.05) is 28.2 Å². The van der Waals surface area contributed by atoms with Crippen molar-refractivity contribution in [3.63, 3.8) is 0 Å². The molecule has 0 saturated carbocycles.